The van der Waals surface area contributed by atoms with E-state index in [0.717, 1.165) is 0 Å². The van der Waals surface area contributed by atoms with Crippen molar-refractivity contribution in [2.45, 2.75) is 68.0 Å². The van der Waals surface area contributed by atoms with E-state index in [1.807, 2.05) is 0 Å². The van der Waals surface area contributed by atoms with Gasteiger partial charge in [-0.05, 0) is 49.6 Å². The SMILES string of the molecule is C[Si](CCC(F)(F)F)(O[Si](C)(O[Si](C)(C(F)(F)F)C(F)(F)F)c1cc(F)c(F)c(F)c1)O[Si](C)(C(F)(F)F)C(F)(F)F. The van der Waals surface area contributed by atoms with Crippen LogP contribution in [-0.4, -0.2) is 63.1 Å². The number of benzene rings is 1. The second-order valence-electron chi connectivity index (χ2n) is 9.31. The van der Waals surface area contributed by atoms with E-state index < -0.39 is 111 Å². The first-order valence-corrected chi connectivity index (χ1v) is 20.4. The number of halogens is 18. The van der Waals surface area contributed by atoms with E-state index in [0.29, 0.717) is 0 Å². The van der Waals surface area contributed by atoms with E-state index in [2.05, 4.69) is 8.23 Å². The van der Waals surface area contributed by atoms with Gasteiger partial charge in [0.05, 0.1) is 0 Å². The summed E-state index contributed by atoms with van der Waals surface area (Å²) >= 11 is 0. The predicted molar refractivity (Wildman–Crippen MR) is 115 cm³/mol. The average molecular weight is 725 g/mol. The van der Waals surface area contributed by atoms with Crippen LogP contribution >= 0.6 is 0 Å². The van der Waals surface area contributed by atoms with Crippen molar-refractivity contribution in [3.63, 3.8) is 0 Å². The molecule has 0 radical (unpaired) electrons. The van der Waals surface area contributed by atoms with Gasteiger partial charge in [0.25, 0.3) is 0 Å². The summed E-state index contributed by atoms with van der Waals surface area (Å²) in [7, 11) is -26.9. The van der Waals surface area contributed by atoms with Gasteiger partial charge < -0.3 is 12.3 Å². The molecule has 0 saturated heterocycles. The Labute approximate surface area is 228 Å². The van der Waals surface area contributed by atoms with Gasteiger partial charge in [-0.2, -0.15) is 65.9 Å². The fourth-order valence-corrected chi connectivity index (χ4v) is 20.0. The number of hydrogen-bond donors (Lipinski definition) is 0. The largest absolute Gasteiger partial charge is 0.424 e. The molecule has 0 N–H and O–H groups in total. The van der Waals surface area contributed by atoms with Crippen molar-refractivity contribution in [2.24, 2.45) is 0 Å². The number of hydrogen-bond acceptors (Lipinski definition) is 3. The molecule has 0 spiro atoms. The average Bonchev–Trinajstić information content (AvgIpc) is 2.72. The molecule has 0 aromatic heterocycles. The summed E-state index contributed by atoms with van der Waals surface area (Å²) in [5, 5.41) is -1.58. The number of rotatable bonds is 9. The monoisotopic (exact) mass is 724 g/mol. The molecule has 0 aliphatic carbocycles. The summed E-state index contributed by atoms with van der Waals surface area (Å²) in [6.45, 7) is -1.11. The molecule has 0 bridgehead atoms. The Kier molecular flexibility index (Phi) is 10.7. The third-order valence-corrected chi connectivity index (χ3v) is 22.4. The molecule has 2 atom stereocenters. The van der Waals surface area contributed by atoms with Crippen molar-refractivity contribution in [1.29, 1.82) is 0 Å². The fourth-order valence-electron chi connectivity index (χ4n) is 3.23. The Morgan fingerprint density at radius 2 is 0.881 bits per heavy atom. The smallest absolute Gasteiger partial charge is 0.422 e. The molecule has 25 heteroatoms. The summed E-state index contributed by atoms with van der Waals surface area (Å²) in [4.78, 5) is 0. The van der Waals surface area contributed by atoms with Crippen LogP contribution in [0.1, 0.15) is 6.42 Å². The maximum absolute atomic E-state index is 14.0. The van der Waals surface area contributed by atoms with Crippen molar-refractivity contribution in [2.75, 3.05) is 0 Å². The van der Waals surface area contributed by atoms with Gasteiger partial charge in [-0.3, -0.25) is 0 Å². The highest BCUT2D eigenvalue weighted by molar-refractivity contribution is 6.96. The summed E-state index contributed by atoms with van der Waals surface area (Å²) in [5.74, 6) is -32.6. The summed E-state index contributed by atoms with van der Waals surface area (Å²) in [5.41, 5.74) is 0. The van der Waals surface area contributed by atoms with Crippen LogP contribution in [0.25, 0.3) is 0 Å². The Balaban J connectivity index is 4.10. The van der Waals surface area contributed by atoms with Gasteiger partial charge in [0.15, 0.2) is 17.5 Å². The third-order valence-electron chi connectivity index (χ3n) is 5.76. The first-order valence-electron chi connectivity index (χ1n) is 10.7. The third kappa shape index (κ3) is 8.24. The maximum Gasteiger partial charge on any atom is 0.422 e. The highest BCUT2D eigenvalue weighted by atomic mass is 28.5. The van der Waals surface area contributed by atoms with E-state index in [1.54, 1.807) is 0 Å². The van der Waals surface area contributed by atoms with Gasteiger partial charge >= 0.3 is 63.1 Å². The second-order valence-corrected chi connectivity index (χ2v) is 23.4. The molecule has 0 heterocycles. The van der Waals surface area contributed by atoms with Crippen LogP contribution in [0.3, 0.4) is 0 Å². The van der Waals surface area contributed by atoms with Crippen LogP contribution in [0, 0.1) is 17.5 Å². The van der Waals surface area contributed by atoms with Gasteiger partial charge in [0.2, 0.25) is 0 Å². The summed E-state index contributed by atoms with van der Waals surface area (Å²) in [6, 6.07) is -2.61. The molecule has 1 aromatic carbocycles. The zero-order chi connectivity index (χ0) is 33.8. The predicted octanol–water partition coefficient (Wildman–Crippen LogP) is 8.01. The lowest BCUT2D eigenvalue weighted by atomic mass is 10.3. The maximum atomic E-state index is 14.0. The fraction of sp³-hybridized carbons (Fsp3) is 0.647. The Bertz CT molecular complexity index is 1060. The highest BCUT2D eigenvalue weighted by Crippen LogP contribution is 2.47. The molecule has 42 heavy (non-hydrogen) atoms. The van der Waals surface area contributed by atoms with Gasteiger partial charge in [-0.1, -0.05) is 0 Å². The number of alkyl halides is 15. The Morgan fingerprint density at radius 3 is 1.19 bits per heavy atom. The van der Waals surface area contributed by atoms with Gasteiger partial charge in [0.1, 0.15) is 0 Å². The molecule has 0 saturated carbocycles. The molecule has 1 rings (SSSR count). The van der Waals surface area contributed by atoms with Crippen molar-refractivity contribution in [1.82, 2.24) is 0 Å². The van der Waals surface area contributed by atoms with E-state index in [1.165, 1.54) is 0 Å². The zero-order valence-corrected chi connectivity index (χ0v) is 25.1. The lowest BCUT2D eigenvalue weighted by Crippen LogP contribution is -2.73. The quantitative estimate of drug-likeness (QED) is 0.147. The van der Waals surface area contributed by atoms with Crippen LogP contribution in [0.15, 0.2) is 12.1 Å². The van der Waals surface area contributed by atoms with E-state index in [9.17, 15) is 79.0 Å². The van der Waals surface area contributed by atoms with E-state index in [-0.39, 0.29) is 25.2 Å². The van der Waals surface area contributed by atoms with Gasteiger partial charge in [0, 0.05) is 6.42 Å². The Hall–Kier alpha value is -1.29. The van der Waals surface area contributed by atoms with Crippen molar-refractivity contribution >= 4 is 38.9 Å². The first-order chi connectivity index (χ1) is 18.1. The molecule has 0 aliphatic rings. The molecule has 0 amide bonds. The molecule has 0 fully saturated rings. The molecule has 2 unspecified atom stereocenters. The standard InChI is InChI=1S/C17H18F18O3Si4/c1-39(6-5-13(21,22)23,37-41(3,14(24,25)26)15(27,28)29)36-40(2,9-7-10(18)12(20)11(19)8-9)38-42(4,16(30,31)32)17(33,34)35/h7-8H,5-6H2,1-4H3. The van der Waals surface area contributed by atoms with Gasteiger partial charge in [-0.25, -0.2) is 13.2 Å². The molecular weight excluding hydrogens is 706 g/mol. The highest BCUT2D eigenvalue weighted by Gasteiger charge is 2.77. The van der Waals surface area contributed by atoms with Crippen molar-refractivity contribution < 1.29 is 91.4 Å². The van der Waals surface area contributed by atoms with E-state index >= 15 is 0 Å². The molecule has 1 aromatic rings. The summed E-state index contributed by atoms with van der Waals surface area (Å²) in [6.07, 6.45) is -7.72. The van der Waals surface area contributed by atoms with Gasteiger partial charge in [-0.15, -0.1) is 0 Å². The minimum atomic E-state index is -7.40. The topological polar surface area (TPSA) is 27.7 Å². The minimum absolute atomic E-state index is 0.0458. The molecule has 246 valence electrons. The minimum Gasteiger partial charge on any atom is -0.424 e. The zero-order valence-electron chi connectivity index (χ0n) is 21.1. The second kappa shape index (κ2) is 11.6. The van der Waals surface area contributed by atoms with Crippen LogP contribution in [-0.2, 0) is 12.3 Å². The lowest BCUT2D eigenvalue weighted by molar-refractivity contribution is -0.134. The van der Waals surface area contributed by atoms with E-state index in [4.69, 9.17) is 4.12 Å². The van der Waals surface area contributed by atoms with Crippen LogP contribution in [0.5, 0.6) is 0 Å². The normalized spacial score (nSPS) is 17.7. The molecule has 0 aliphatic heterocycles. The molecular formula is C17H18F18O3Si4. The lowest BCUT2D eigenvalue weighted by Gasteiger charge is -2.45. The van der Waals surface area contributed by atoms with Crippen molar-refractivity contribution in [3.8, 4) is 0 Å². The van der Waals surface area contributed by atoms with Crippen LogP contribution in [0.4, 0.5) is 79.0 Å². The van der Waals surface area contributed by atoms with Crippen LogP contribution in [0.2, 0.25) is 32.2 Å². The molecule has 3 nitrogen and oxygen atoms in total. The first kappa shape index (κ1) is 38.7. The van der Waals surface area contributed by atoms with Crippen LogP contribution < -0.4 is 5.19 Å². The van der Waals surface area contributed by atoms with Crippen molar-refractivity contribution in [3.05, 3.63) is 29.6 Å². The Morgan fingerprint density at radius 1 is 0.548 bits per heavy atom. The summed E-state index contributed by atoms with van der Waals surface area (Å²) < 4.78 is 258.